The van der Waals surface area contributed by atoms with Crippen LogP contribution in [0.5, 0.6) is 0 Å². The standard InChI is InChI=1S/C8H9BrClN3/c1-13(2)5-12-8-7(10)3-6(9)4-11-8/h3-5H,1-2H3. The van der Waals surface area contributed by atoms with E-state index in [0.717, 1.165) is 4.47 Å². The summed E-state index contributed by atoms with van der Waals surface area (Å²) >= 11 is 9.16. The molecule has 0 aliphatic carbocycles. The predicted octanol–water partition coefficient (Wildman–Crippen LogP) is 2.72. The summed E-state index contributed by atoms with van der Waals surface area (Å²) in [5.74, 6) is 0.526. The van der Waals surface area contributed by atoms with Crippen molar-refractivity contribution in [3.8, 4) is 0 Å². The van der Waals surface area contributed by atoms with Gasteiger partial charge in [-0.2, -0.15) is 0 Å². The van der Waals surface area contributed by atoms with Crippen LogP contribution in [0.1, 0.15) is 0 Å². The summed E-state index contributed by atoms with van der Waals surface area (Å²) in [5, 5.41) is 0.535. The number of hydrogen-bond donors (Lipinski definition) is 0. The molecule has 1 aromatic heterocycles. The van der Waals surface area contributed by atoms with Crippen LogP contribution in [0, 0.1) is 0 Å². The van der Waals surface area contributed by atoms with Gasteiger partial charge in [-0.3, -0.25) is 0 Å². The molecule has 0 atom stereocenters. The number of nitrogens with zero attached hydrogens (tertiary/aromatic N) is 3. The Morgan fingerprint density at radius 3 is 2.85 bits per heavy atom. The van der Waals surface area contributed by atoms with Crippen molar-refractivity contribution in [3.63, 3.8) is 0 Å². The van der Waals surface area contributed by atoms with Gasteiger partial charge < -0.3 is 4.90 Å². The van der Waals surface area contributed by atoms with Crippen molar-refractivity contribution in [2.45, 2.75) is 0 Å². The summed E-state index contributed by atoms with van der Waals surface area (Å²) in [5.41, 5.74) is 0. The minimum absolute atomic E-state index is 0.526. The van der Waals surface area contributed by atoms with E-state index in [-0.39, 0.29) is 0 Å². The van der Waals surface area contributed by atoms with E-state index in [1.54, 1.807) is 18.6 Å². The maximum absolute atomic E-state index is 5.89. The first kappa shape index (κ1) is 10.5. The zero-order valence-electron chi connectivity index (χ0n) is 7.33. The van der Waals surface area contributed by atoms with Crippen LogP contribution in [0.25, 0.3) is 0 Å². The SMILES string of the molecule is CN(C)C=Nc1ncc(Br)cc1Cl. The molecule has 0 aliphatic rings. The Morgan fingerprint density at radius 1 is 1.62 bits per heavy atom. The molecule has 1 heterocycles. The van der Waals surface area contributed by atoms with Crippen LogP contribution in [0.3, 0.4) is 0 Å². The highest BCUT2D eigenvalue weighted by Gasteiger charge is 1.99. The van der Waals surface area contributed by atoms with Gasteiger partial charge in [0.2, 0.25) is 0 Å². The Morgan fingerprint density at radius 2 is 2.31 bits per heavy atom. The fourth-order valence-corrected chi connectivity index (χ4v) is 1.35. The second kappa shape index (κ2) is 4.58. The molecular formula is C8H9BrClN3. The molecule has 0 radical (unpaired) electrons. The van der Waals surface area contributed by atoms with Crippen molar-refractivity contribution in [3.05, 3.63) is 21.8 Å². The summed E-state index contributed by atoms with van der Waals surface area (Å²) in [7, 11) is 3.77. The molecule has 0 saturated heterocycles. The second-order valence-electron chi connectivity index (χ2n) is 2.67. The van der Waals surface area contributed by atoms with Gasteiger partial charge in [0.15, 0.2) is 5.82 Å². The lowest BCUT2D eigenvalue weighted by Crippen LogP contribution is -2.07. The highest BCUT2D eigenvalue weighted by atomic mass is 79.9. The topological polar surface area (TPSA) is 28.5 Å². The molecule has 0 aliphatic heterocycles. The van der Waals surface area contributed by atoms with E-state index in [1.807, 2.05) is 19.0 Å². The molecule has 0 saturated carbocycles. The average molecular weight is 263 g/mol. The number of pyridine rings is 1. The number of aromatic nitrogens is 1. The molecule has 0 unspecified atom stereocenters. The molecule has 70 valence electrons. The molecule has 0 aromatic carbocycles. The van der Waals surface area contributed by atoms with E-state index in [1.165, 1.54) is 0 Å². The lowest BCUT2D eigenvalue weighted by molar-refractivity contribution is 0.643. The van der Waals surface area contributed by atoms with E-state index < -0.39 is 0 Å². The first-order valence-corrected chi connectivity index (χ1v) is 4.78. The van der Waals surface area contributed by atoms with Gasteiger partial charge in [-0.05, 0) is 22.0 Å². The highest BCUT2D eigenvalue weighted by Crippen LogP contribution is 2.24. The number of rotatable bonds is 2. The van der Waals surface area contributed by atoms with Gasteiger partial charge in [-0.15, -0.1) is 0 Å². The third kappa shape index (κ3) is 3.32. The van der Waals surface area contributed by atoms with Crippen molar-refractivity contribution in [2.24, 2.45) is 4.99 Å². The molecule has 0 amide bonds. The molecule has 0 bridgehead atoms. The zero-order valence-corrected chi connectivity index (χ0v) is 9.67. The maximum Gasteiger partial charge on any atom is 0.172 e. The Labute approximate surface area is 90.6 Å². The third-order valence-corrected chi connectivity index (χ3v) is 1.91. The van der Waals surface area contributed by atoms with Crippen LogP contribution >= 0.6 is 27.5 Å². The van der Waals surface area contributed by atoms with E-state index in [9.17, 15) is 0 Å². The van der Waals surface area contributed by atoms with Crippen molar-refractivity contribution < 1.29 is 0 Å². The maximum atomic E-state index is 5.89. The van der Waals surface area contributed by atoms with Crippen molar-refractivity contribution >= 4 is 39.7 Å². The van der Waals surface area contributed by atoms with Gasteiger partial charge in [0.25, 0.3) is 0 Å². The first-order chi connectivity index (χ1) is 6.09. The average Bonchev–Trinajstić information content (AvgIpc) is 2.02. The monoisotopic (exact) mass is 261 g/mol. The smallest absolute Gasteiger partial charge is 0.172 e. The predicted molar refractivity (Wildman–Crippen MR) is 58.8 cm³/mol. The van der Waals surface area contributed by atoms with Gasteiger partial charge >= 0.3 is 0 Å². The lowest BCUT2D eigenvalue weighted by atomic mass is 10.5. The van der Waals surface area contributed by atoms with Crippen LogP contribution < -0.4 is 0 Å². The summed E-state index contributed by atoms with van der Waals surface area (Å²) < 4.78 is 0.848. The molecule has 5 heteroatoms. The van der Waals surface area contributed by atoms with E-state index >= 15 is 0 Å². The molecule has 0 fully saturated rings. The van der Waals surface area contributed by atoms with Gasteiger partial charge in [0.1, 0.15) is 0 Å². The molecule has 3 nitrogen and oxygen atoms in total. The summed E-state index contributed by atoms with van der Waals surface area (Å²) in [6.45, 7) is 0. The summed E-state index contributed by atoms with van der Waals surface area (Å²) in [6.07, 6.45) is 3.32. The second-order valence-corrected chi connectivity index (χ2v) is 3.99. The molecule has 1 aromatic rings. The summed E-state index contributed by atoms with van der Waals surface area (Å²) in [6, 6.07) is 1.76. The highest BCUT2D eigenvalue weighted by molar-refractivity contribution is 9.10. The quantitative estimate of drug-likeness (QED) is 0.606. The minimum Gasteiger partial charge on any atom is -0.369 e. The Balaban J connectivity index is 2.90. The molecular weight excluding hydrogens is 253 g/mol. The first-order valence-electron chi connectivity index (χ1n) is 3.61. The number of halogens is 2. The zero-order chi connectivity index (χ0) is 9.84. The molecule has 13 heavy (non-hydrogen) atoms. The molecule has 0 N–H and O–H groups in total. The fraction of sp³-hybridized carbons (Fsp3) is 0.250. The van der Waals surface area contributed by atoms with Gasteiger partial charge in [0, 0.05) is 24.8 Å². The third-order valence-electron chi connectivity index (χ3n) is 1.20. The summed E-state index contributed by atoms with van der Waals surface area (Å²) in [4.78, 5) is 9.95. The van der Waals surface area contributed by atoms with Crippen molar-refractivity contribution in [1.29, 1.82) is 0 Å². The van der Waals surface area contributed by atoms with Crippen LogP contribution in [0.2, 0.25) is 5.02 Å². The van der Waals surface area contributed by atoms with E-state index in [2.05, 4.69) is 25.9 Å². The molecule has 0 spiro atoms. The van der Waals surface area contributed by atoms with Gasteiger partial charge in [-0.1, -0.05) is 11.6 Å². The number of hydrogen-bond acceptors (Lipinski definition) is 2. The number of aliphatic imine (C=N–C) groups is 1. The van der Waals surface area contributed by atoms with Crippen LogP contribution in [-0.2, 0) is 0 Å². The Bertz CT molecular complexity index is 325. The van der Waals surface area contributed by atoms with Crippen LogP contribution in [-0.4, -0.2) is 30.3 Å². The Hall–Kier alpha value is -0.610. The van der Waals surface area contributed by atoms with Crippen molar-refractivity contribution in [2.75, 3.05) is 14.1 Å². The normalized spacial score (nSPS) is 10.8. The van der Waals surface area contributed by atoms with Crippen molar-refractivity contribution in [1.82, 2.24) is 9.88 Å². The fourth-order valence-electron chi connectivity index (χ4n) is 0.673. The van der Waals surface area contributed by atoms with E-state index in [4.69, 9.17) is 11.6 Å². The van der Waals surface area contributed by atoms with Gasteiger partial charge in [-0.25, -0.2) is 9.98 Å². The van der Waals surface area contributed by atoms with Gasteiger partial charge in [0.05, 0.1) is 11.4 Å². The lowest BCUT2D eigenvalue weighted by Gasteiger charge is -2.02. The van der Waals surface area contributed by atoms with E-state index in [0.29, 0.717) is 10.8 Å². The Kier molecular flexibility index (Phi) is 3.69. The van der Waals surface area contributed by atoms with Crippen LogP contribution in [0.15, 0.2) is 21.7 Å². The largest absolute Gasteiger partial charge is 0.369 e. The molecule has 1 rings (SSSR count). The van der Waals surface area contributed by atoms with Crippen LogP contribution in [0.4, 0.5) is 5.82 Å². The minimum atomic E-state index is 0.526.